The van der Waals surface area contributed by atoms with E-state index in [1.807, 2.05) is 0 Å². The first-order valence-corrected chi connectivity index (χ1v) is 6.98. The smallest absolute Gasteiger partial charge is 0.225 e. The Bertz CT molecular complexity index is 367. The number of benzene rings is 1. The van der Waals surface area contributed by atoms with Crippen molar-refractivity contribution < 1.29 is 9.90 Å². The lowest BCUT2D eigenvalue weighted by molar-refractivity contribution is -0.115. The van der Waals surface area contributed by atoms with Gasteiger partial charge in [-0.25, -0.2) is 0 Å². The van der Waals surface area contributed by atoms with Crippen LogP contribution >= 0.6 is 35.0 Å². The fourth-order valence-corrected chi connectivity index (χ4v) is 2.31. The predicted molar refractivity (Wildman–Crippen MR) is 74.1 cm³/mol. The van der Waals surface area contributed by atoms with E-state index >= 15 is 0 Å². The average molecular weight is 294 g/mol. The molecular formula is C11H13Cl2NO2S. The maximum Gasteiger partial charge on any atom is 0.225 e. The summed E-state index contributed by atoms with van der Waals surface area (Å²) in [4.78, 5) is 11.6. The molecule has 0 aliphatic rings. The van der Waals surface area contributed by atoms with Gasteiger partial charge in [-0.3, -0.25) is 4.79 Å². The molecule has 3 nitrogen and oxygen atoms in total. The van der Waals surface area contributed by atoms with Crippen LogP contribution in [0.4, 0.5) is 5.69 Å². The first-order valence-electron chi connectivity index (χ1n) is 5.07. The molecule has 1 aromatic carbocycles. The third-order valence-electron chi connectivity index (χ3n) is 1.94. The van der Waals surface area contributed by atoms with E-state index in [1.54, 1.807) is 18.2 Å². The highest BCUT2D eigenvalue weighted by Gasteiger charge is 2.09. The summed E-state index contributed by atoms with van der Waals surface area (Å²) in [5.41, 5.74) is 0.452. The van der Waals surface area contributed by atoms with Crippen LogP contribution in [0, 0.1) is 0 Å². The average Bonchev–Trinajstić information content (AvgIpc) is 2.30. The number of rotatable bonds is 6. The number of thioether (sulfide) groups is 1. The minimum atomic E-state index is -0.134. The molecule has 0 heterocycles. The monoisotopic (exact) mass is 293 g/mol. The van der Waals surface area contributed by atoms with Gasteiger partial charge in [0.2, 0.25) is 5.91 Å². The summed E-state index contributed by atoms with van der Waals surface area (Å²) in [5.74, 6) is 1.17. The summed E-state index contributed by atoms with van der Waals surface area (Å²) in [6.45, 7) is 0.128. The molecule has 0 aliphatic heterocycles. The molecule has 0 bridgehead atoms. The molecule has 2 N–H and O–H groups in total. The third kappa shape index (κ3) is 5.17. The van der Waals surface area contributed by atoms with Gasteiger partial charge in [-0.15, -0.1) is 0 Å². The number of nitrogens with one attached hydrogen (secondary N) is 1. The number of aliphatic hydroxyl groups excluding tert-OH is 1. The molecule has 6 heteroatoms. The van der Waals surface area contributed by atoms with Crippen LogP contribution in [0.15, 0.2) is 18.2 Å². The van der Waals surface area contributed by atoms with E-state index in [9.17, 15) is 4.79 Å². The molecular weight excluding hydrogens is 281 g/mol. The predicted octanol–water partition coefficient (Wildman–Crippen LogP) is 3.05. The topological polar surface area (TPSA) is 49.3 Å². The highest BCUT2D eigenvalue weighted by molar-refractivity contribution is 7.99. The molecule has 1 amide bonds. The van der Waals surface area contributed by atoms with Crippen LogP contribution in [-0.2, 0) is 4.79 Å². The van der Waals surface area contributed by atoms with Gasteiger partial charge in [0.25, 0.3) is 0 Å². The summed E-state index contributed by atoms with van der Waals surface area (Å²) in [5, 5.41) is 12.1. The Labute approximate surface area is 114 Å². The quantitative estimate of drug-likeness (QED) is 0.793. The Morgan fingerprint density at radius 2 is 1.94 bits per heavy atom. The summed E-state index contributed by atoms with van der Waals surface area (Å²) in [6, 6.07) is 5.06. The molecule has 0 unspecified atom stereocenters. The first-order chi connectivity index (χ1) is 8.15. The van der Waals surface area contributed by atoms with Gasteiger partial charge < -0.3 is 10.4 Å². The van der Waals surface area contributed by atoms with E-state index in [0.717, 1.165) is 0 Å². The van der Waals surface area contributed by atoms with Crippen LogP contribution in [0.3, 0.4) is 0 Å². The van der Waals surface area contributed by atoms with Gasteiger partial charge in [0.15, 0.2) is 0 Å². The maximum absolute atomic E-state index is 11.6. The van der Waals surface area contributed by atoms with E-state index in [1.165, 1.54) is 11.8 Å². The molecule has 0 atom stereocenters. The lowest BCUT2D eigenvalue weighted by atomic mass is 10.3. The Kier molecular flexibility index (Phi) is 6.73. The minimum absolute atomic E-state index is 0.128. The Hall–Kier alpha value is -0.420. The molecule has 0 fully saturated rings. The molecule has 0 spiro atoms. The number of para-hydroxylation sites is 1. The lowest BCUT2D eigenvalue weighted by Crippen LogP contribution is -2.13. The zero-order valence-corrected chi connectivity index (χ0v) is 11.4. The van der Waals surface area contributed by atoms with Crippen molar-refractivity contribution in [1.29, 1.82) is 0 Å². The second kappa shape index (κ2) is 7.82. The van der Waals surface area contributed by atoms with Crippen LogP contribution in [0.1, 0.15) is 6.42 Å². The normalized spacial score (nSPS) is 10.3. The van der Waals surface area contributed by atoms with Crippen LogP contribution in [-0.4, -0.2) is 29.1 Å². The minimum Gasteiger partial charge on any atom is -0.396 e. The lowest BCUT2D eigenvalue weighted by Gasteiger charge is -2.08. The van der Waals surface area contributed by atoms with Gasteiger partial charge in [-0.1, -0.05) is 29.3 Å². The van der Waals surface area contributed by atoms with Crippen molar-refractivity contribution in [2.45, 2.75) is 6.42 Å². The van der Waals surface area contributed by atoms with Gasteiger partial charge in [-0.2, -0.15) is 11.8 Å². The largest absolute Gasteiger partial charge is 0.396 e. The molecule has 0 radical (unpaired) electrons. The van der Waals surface area contributed by atoms with Crippen LogP contribution in [0.2, 0.25) is 10.0 Å². The number of hydrogen-bond acceptors (Lipinski definition) is 3. The fourth-order valence-electron chi connectivity index (χ4n) is 1.15. The van der Waals surface area contributed by atoms with Crippen LogP contribution < -0.4 is 5.32 Å². The van der Waals surface area contributed by atoms with Crippen molar-refractivity contribution in [3.8, 4) is 0 Å². The second-order valence-corrected chi connectivity index (χ2v) is 5.27. The summed E-state index contributed by atoms with van der Waals surface area (Å²) < 4.78 is 0. The number of aliphatic hydroxyl groups is 1. The molecule has 0 aromatic heterocycles. The fraction of sp³-hybridized carbons (Fsp3) is 0.364. The van der Waals surface area contributed by atoms with Crippen molar-refractivity contribution >= 4 is 46.6 Å². The van der Waals surface area contributed by atoms with Gasteiger partial charge >= 0.3 is 0 Å². The highest BCUT2D eigenvalue weighted by atomic mass is 35.5. The Morgan fingerprint density at radius 3 is 2.53 bits per heavy atom. The van der Waals surface area contributed by atoms with Gasteiger partial charge in [0, 0.05) is 17.9 Å². The van der Waals surface area contributed by atoms with Crippen molar-refractivity contribution in [2.24, 2.45) is 0 Å². The van der Waals surface area contributed by atoms with Gasteiger partial charge in [0.1, 0.15) is 0 Å². The van der Waals surface area contributed by atoms with Gasteiger partial charge in [-0.05, 0) is 12.1 Å². The molecule has 17 heavy (non-hydrogen) atoms. The van der Waals surface area contributed by atoms with Crippen LogP contribution in [0.25, 0.3) is 0 Å². The van der Waals surface area contributed by atoms with E-state index in [2.05, 4.69) is 5.32 Å². The maximum atomic E-state index is 11.6. The molecule has 0 saturated carbocycles. The third-order valence-corrected chi connectivity index (χ3v) is 3.53. The second-order valence-electron chi connectivity index (χ2n) is 3.23. The molecule has 1 aromatic rings. The molecule has 1 rings (SSSR count). The molecule has 0 saturated heterocycles. The van der Waals surface area contributed by atoms with Crippen molar-refractivity contribution in [3.63, 3.8) is 0 Å². The Balaban J connectivity index is 2.45. The number of amides is 1. The summed E-state index contributed by atoms with van der Waals surface area (Å²) in [7, 11) is 0. The Morgan fingerprint density at radius 1 is 1.29 bits per heavy atom. The van der Waals surface area contributed by atoms with E-state index in [-0.39, 0.29) is 12.5 Å². The summed E-state index contributed by atoms with van der Waals surface area (Å²) in [6.07, 6.45) is 0.367. The standard InChI is InChI=1S/C11H13Cl2NO2S/c12-8-2-1-3-9(13)11(8)14-10(16)4-6-17-7-5-15/h1-3,15H,4-7H2,(H,14,16). The molecule has 0 aliphatic carbocycles. The van der Waals surface area contributed by atoms with E-state index in [0.29, 0.717) is 33.7 Å². The highest BCUT2D eigenvalue weighted by Crippen LogP contribution is 2.29. The zero-order chi connectivity index (χ0) is 12.7. The van der Waals surface area contributed by atoms with E-state index in [4.69, 9.17) is 28.3 Å². The van der Waals surface area contributed by atoms with E-state index < -0.39 is 0 Å². The number of carbonyl (C=O) groups is 1. The van der Waals surface area contributed by atoms with Crippen molar-refractivity contribution in [1.82, 2.24) is 0 Å². The van der Waals surface area contributed by atoms with Crippen molar-refractivity contribution in [3.05, 3.63) is 28.2 Å². The van der Waals surface area contributed by atoms with Crippen LogP contribution in [0.5, 0.6) is 0 Å². The van der Waals surface area contributed by atoms with Crippen molar-refractivity contribution in [2.75, 3.05) is 23.4 Å². The number of hydrogen-bond donors (Lipinski definition) is 2. The molecule has 94 valence electrons. The number of carbonyl (C=O) groups excluding carboxylic acids is 1. The first kappa shape index (κ1) is 14.6. The zero-order valence-electron chi connectivity index (χ0n) is 9.08. The number of halogens is 2. The van der Waals surface area contributed by atoms with Gasteiger partial charge in [0.05, 0.1) is 22.3 Å². The summed E-state index contributed by atoms with van der Waals surface area (Å²) >= 11 is 13.4. The SMILES string of the molecule is O=C(CCSCCO)Nc1c(Cl)cccc1Cl. The number of anilines is 1.